The second-order valence-corrected chi connectivity index (χ2v) is 11.1. The first-order valence-electron chi connectivity index (χ1n) is 13.1. The summed E-state index contributed by atoms with van der Waals surface area (Å²) in [7, 11) is 1.64. The van der Waals surface area contributed by atoms with Crippen LogP contribution in [0.2, 0.25) is 0 Å². The smallest absolute Gasteiger partial charge is 0.331 e. The highest BCUT2D eigenvalue weighted by Crippen LogP contribution is 2.39. The van der Waals surface area contributed by atoms with E-state index in [-0.39, 0.29) is 48.6 Å². The van der Waals surface area contributed by atoms with E-state index in [1.54, 1.807) is 27.9 Å². The number of hydrogen-bond donors (Lipinski definition) is 4. The van der Waals surface area contributed by atoms with Crippen LogP contribution in [0.4, 0.5) is 10.5 Å². The molecule has 3 aliphatic heterocycles. The van der Waals surface area contributed by atoms with Gasteiger partial charge in [0.05, 0.1) is 25.0 Å². The first-order valence-corrected chi connectivity index (χ1v) is 14.0. The fourth-order valence-corrected chi connectivity index (χ4v) is 6.19. The number of carbonyl (C=O) groups excluding carboxylic acids is 3. The Morgan fingerprint density at radius 2 is 2.13 bits per heavy atom. The molecule has 0 saturated carbocycles. The number of anilines is 1. The molecule has 39 heavy (non-hydrogen) atoms. The lowest BCUT2D eigenvalue weighted by atomic mass is 10.0. The second-order valence-electron chi connectivity index (χ2n) is 9.91. The predicted molar refractivity (Wildman–Crippen MR) is 146 cm³/mol. The molecule has 2 fully saturated rings. The number of para-hydroxylation sites is 1. The van der Waals surface area contributed by atoms with Crippen LogP contribution in [0.25, 0.3) is 0 Å². The van der Waals surface area contributed by atoms with Gasteiger partial charge in [-0.05, 0) is 30.2 Å². The van der Waals surface area contributed by atoms with Gasteiger partial charge < -0.3 is 31.3 Å². The first kappa shape index (κ1) is 27.0. The van der Waals surface area contributed by atoms with Crippen LogP contribution in [0.3, 0.4) is 0 Å². The van der Waals surface area contributed by atoms with Crippen molar-refractivity contribution in [1.82, 2.24) is 30.1 Å². The van der Waals surface area contributed by atoms with Crippen LogP contribution in [-0.2, 0) is 22.6 Å². The standard InChI is InChI=1S/C26H34N8O4S/c1-3-4-10-28-26(38)31(2)33-15-22(36)34-19(11-17-8-9-18(35)12-29-17)24(37)32(14-21(33)34)13-16-6-5-7-20-23(16)30-25(27)39-20/h5-9,12,19,21,25,30,35H,3-4,10-11,13-15,27H2,1-2H3,(H,28,38)/t19-,21+,25?/m0/s1. The Labute approximate surface area is 231 Å². The van der Waals surface area contributed by atoms with Crippen molar-refractivity contribution < 1.29 is 19.5 Å². The molecule has 0 radical (unpaired) electrons. The minimum atomic E-state index is -0.809. The molecule has 2 saturated heterocycles. The Morgan fingerprint density at radius 1 is 1.31 bits per heavy atom. The van der Waals surface area contributed by atoms with E-state index >= 15 is 0 Å². The number of benzene rings is 1. The molecule has 0 spiro atoms. The van der Waals surface area contributed by atoms with Crippen molar-refractivity contribution in [2.75, 3.05) is 32.0 Å². The van der Waals surface area contributed by atoms with E-state index < -0.39 is 12.2 Å². The number of hydrazine groups is 1. The zero-order valence-corrected chi connectivity index (χ0v) is 22.9. The lowest BCUT2D eigenvalue weighted by molar-refractivity contribution is -0.157. The molecule has 5 rings (SSSR count). The van der Waals surface area contributed by atoms with E-state index in [0.717, 1.165) is 29.0 Å². The Balaban J connectivity index is 1.44. The summed E-state index contributed by atoms with van der Waals surface area (Å²) in [6.45, 7) is 3.13. The van der Waals surface area contributed by atoms with Crippen LogP contribution in [-0.4, -0.2) is 92.1 Å². The van der Waals surface area contributed by atoms with Crippen molar-refractivity contribution in [2.45, 2.75) is 55.3 Å². The number of pyridine rings is 1. The van der Waals surface area contributed by atoms with E-state index in [9.17, 15) is 19.5 Å². The highest BCUT2D eigenvalue weighted by Gasteiger charge is 2.51. The monoisotopic (exact) mass is 554 g/mol. The number of aromatic nitrogens is 1. The van der Waals surface area contributed by atoms with Gasteiger partial charge in [-0.25, -0.2) is 4.79 Å². The van der Waals surface area contributed by atoms with Crippen LogP contribution < -0.4 is 16.4 Å². The van der Waals surface area contributed by atoms with E-state index in [1.165, 1.54) is 29.0 Å². The number of carbonyl (C=O) groups is 3. The summed E-state index contributed by atoms with van der Waals surface area (Å²) in [5.41, 5.74) is 8.25. The van der Waals surface area contributed by atoms with E-state index in [1.807, 2.05) is 25.1 Å². The van der Waals surface area contributed by atoms with Crippen LogP contribution >= 0.6 is 11.8 Å². The van der Waals surface area contributed by atoms with Gasteiger partial charge in [0, 0.05) is 37.1 Å². The number of thioether (sulfide) groups is 1. The lowest BCUT2D eigenvalue weighted by Crippen LogP contribution is -2.65. The van der Waals surface area contributed by atoms with E-state index in [2.05, 4.69) is 15.6 Å². The molecule has 12 nitrogen and oxygen atoms in total. The Kier molecular flexibility index (Phi) is 7.82. The molecule has 1 unspecified atom stereocenters. The van der Waals surface area contributed by atoms with E-state index in [0.29, 0.717) is 18.8 Å². The predicted octanol–water partition coefficient (Wildman–Crippen LogP) is 1.33. The summed E-state index contributed by atoms with van der Waals surface area (Å²) < 4.78 is 0. The second kappa shape index (κ2) is 11.3. The molecule has 0 bridgehead atoms. The number of nitrogens with two attached hydrogens (primary N) is 1. The molecule has 3 atom stereocenters. The summed E-state index contributed by atoms with van der Waals surface area (Å²) in [5.74, 6) is -0.401. The number of amides is 4. The fraction of sp³-hybridized carbons (Fsp3) is 0.462. The summed E-state index contributed by atoms with van der Waals surface area (Å²) in [4.78, 5) is 48.8. The van der Waals surface area contributed by atoms with Gasteiger partial charge in [0.25, 0.3) is 0 Å². The topological polar surface area (TPSA) is 147 Å². The fourth-order valence-electron chi connectivity index (χ4n) is 5.27. The van der Waals surface area contributed by atoms with Crippen LogP contribution in [0.15, 0.2) is 41.4 Å². The molecule has 4 amide bonds. The van der Waals surface area contributed by atoms with Crippen molar-refractivity contribution >= 4 is 35.3 Å². The molecule has 3 aliphatic rings. The largest absolute Gasteiger partial charge is 0.506 e. The van der Waals surface area contributed by atoms with Gasteiger partial charge in [0.2, 0.25) is 11.8 Å². The molecule has 5 N–H and O–H groups in total. The third-order valence-corrected chi connectivity index (χ3v) is 8.24. The maximum absolute atomic E-state index is 13.9. The summed E-state index contributed by atoms with van der Waals surface area (Å²) >= 11 is 1.53. The van der Waals surface area contributed by atoms with Crippen molar-refractivity contribution in [3.05, 3.63) is 47.8 Å². The highest BCUT2D eigenvalue weighted by molar-refractivity contribution is 8.00. The molecule has 1 aromatic heterocycles. The maximum atomic E-state index is 13.9. The SMILES string of the molecule is CCCCNC(=O)N(C)N1CC(=O)N2[C@@H](Cc3ccc(O)cn3)C(=O)N(Cc3cccc4c3NC(N)S4)C[C@@H]21. The number of nitrogens with one attached hydrogen (secondary N) is 2. The minimum Gasteiger partial charge on any atom is -0.506 e. The lowest BCUT2D eigenvalue weighted by Gasteiger charge is -2.45. The van der Waals surface area contributed by atoms with Crippen molar-refractivity contribution in [3.63, 3.8) is 0 Å². The molecule has 4 heterocycles. The minimum absolute atomic E-state index is 0.0171. The van der Waals surface area contributed by atoms with Gasteiger partial charge in [0.15, 0.2) is 0 Å². The highest BCUT2D eigenvalue weighted by atomic mass is 32.2. The molecule has 13 heteroatoms. The van der Waals surface area contributed by atoms with Gasteiger partial charge in [-0.3, -0.25) is 19.6 Å². The number of rotatable bonds is 8. The molecule has 208 valence electrons. The number of piperazine rings is 1. The quantitative estimate of drug-likeness (QED) is 0.355. The zero-order valence-electron chi connectivity index (χ0n) is 22.0. The summed E-state index contributed by atoms with van der Waals surface area (Å²) in [6, 6.07) is 7.95. The van der Waals surface area contributed by atoms with Crippen LogP contribution in [0, 0.1) is 0 Å². The summed E-state index contributed by atoms with van der Waals surface area (Å²) in [6.07, 6.45) is 2.79. The summed E-state index contributed by atoms with van der Waals surface area (Å²) in [5, 5.41) is 19.0. The molecule has 1 aromatic carbocycles. The van der Waals surface area contributed by atoms with Crippen molar-refractivity contribution in [1.29, 1.82) is 0 Å². The number of urea groups is 1. The van der Waals surface area contributed by atoms with Crippen molar-refractivity contribution in [3.8, 4) is 5.75 Å². The number of unbranched alkanes of at least 4 members (excludes halogenated alkanes) is 1. The molecule has 0 aliphatic carbocycles. The van der Waals surface area contributed by atoms with Gasteiger partial charge in [-0.1, -0.05) is 37.2 Å². The third-order valence-electron chi connectivity index (χ3n) is 7.28. The number of nitrogens with zero attached hydrogens (tertiary/aromatic N) is 5. The Morgan fingerprint density at radius 3 is 2.87 bits per heavy atom. The molecular weight excluding hydrogens is 520 g/mol. The average molecular weight is 555 g/mol. The average Bonchev–Trinajstić information content (AvgIpc) is 3.46. The Hall–Kier alpha value is -3.55. The van der Waals surface area contributed by atoms with Gasteiger partial charge in [0.1, 0.15) is 23.5 Å². The number of fused-ring (bicyclic) bond motifs is 2. The van der Waals surface area contributed by atoms with Gasteiger partial charge >= 0.3 is 6.03 Å². The van der Waals surface area contributed by atoms with Gasteiger partial charge in [-0.2, -0.15) is 5.01 Å². The third kappa shape index (κ3) is 5.47. The van der Waals surface area contributed by atoms with Crippen LogP contribution in [0.1, 0.15) is 31.0 Å². The first-order chi connectivity index (χ1) is 18.8. The van der Waals surface area contributed by atoms with Crippen molar-refractivity contribution in [2.24, 2.45) is 5.73 Å². The van der Waals surface area contributed by atoms with E-state index in [4.69, 9.17) is 5.73 Å². The maximum Gasteiger partial charge on any atom is 0.331 e. The van der Waals surface area contributed by atoms with Crippen LogP contribution in [0.5, 0.6) is 5.75 Å². The number of aromatic hydroxyl groups is 1. The normalized spacial score (nSPS) is 22.5. The molecule has 2 aromatic rings. The van der Waals surface area contributed by atoms with Gasteiger partial charge in [-0.15, -0.1) is 0 Å². The molecular formula is C26H34N8O4S. The zero-order chi connectivity index (χ0) is 27.7. The number of hydrogen-bond acceptors (Lipinski definition) is 9. The Bertz CT molecular complexity index is 1240.